The number of amides is 1. The van der Waals surface area contributed by atoms with E-state index in [1.54, 1.807) is 11.3 Å². The van der Waals surface area contributed by atoms with Gasteiger partial charge in [0.15, 0.2) is 0 Å². The summed E-state index contributed by atoms with van der Waals surface area (Å²) in [6.45, 7) is 4.35. The van der Waals surface area contributed by atoms with E-state index in [-0.39, 0.29) is 5.91 Å². The maximum absolute atomic E-state index is 12.3. The first-order chi connectivity index (χ1) is 13.0. The van der Waals surface area contributed by atoms with E-state index in [1.807, 2.05) is 26.0 Å². The molecule has 0 atom stereocenters. The van der Waals surface area contributed by atoms with E-state index in [0.29, 0.717) is 30.0 Å². The van der Waals surface area contributed by atoms with Crippen molar-refractivity contribution in [2.24, 2.45) is 0 Å². The van der Waals surface area contributed by atoms with Gasteiger partial charge in [0, 0.05) is 16.3 Å². The molecular weight excluding hydrogens is 380 g/mol. The number of benzene rings is 1. The average Bonchev–Trinajstić information content (AvgIpc) is 3.00. The molecular formula is C21H23ClN2O2S. The van der Waals surface area contributed by atoms with Crippen LogP contribution in [0.4, 0.5) is 5.00 Å². The molecule has 1 aliphatic rings. The van der Waals surface area contributed by atoms with Gasteiger partial charge in [0.05, 0.1) is 12.2 Å². The number of carbonyl (C=O) groups is 1. The number of thiophene rings is 1. The number of anilines is 1. The molecule has 1 N–H and O–H groups in total. The summed E-state index contributed by atoms with van der Waals surface area (Å²) in [5.41, 5.74) is 3.76. The third-order valence-corrected chi connectivity index (χ3v) is 6.57. The Kier molecular flexibility index (Phi) is 6.41. The summed E-state index contributed by atoms with van der Waals surface area (Å²) in [6, 6.07) is 6.09. The van der Waals surface area contributed by atoms with Crippen molar-refractivity contribution in [2.75, 3.05) is 11.9 Å². The van der Waals surface area contributed by atoms with Gasteiger partial charge in [-0.3, -0.25) is 4.79 Å². The van der Waals surface area contributed by atoms with E-state index in [4.69, 9.17) is 16.3 Å². The summed E-state index contributed by atoms with van der Waals surface area (Å²) in [5, 5.41) is 13.8. The summed E-state index contributed by atoms with van der Waals surface area (Å²) >= 11 is 7.72. The first-order valence-electron chi connectivity index (χ1n) is 9.23. The molecule has 0 fully saturated rings. The minimum atomic E-state index is -0.0721. The van der Waals surface area contributed by atoms with E-state index in [0.717, 1.165) is 53.1 Å². The molecule has 0 saturated heterocycles. The number of nitrogens with zero attached hydrogens (tertiary/aromatic N) is 1. The molecule has 0 saturated carbocycles. The number of aryl methyl sites for hydroxylation is 3. The zero-order valence-corrected chi connectivity index (χ0v) is 17.2. The standard InChI is InChI=1S/C21H23ClN2O2S/c1-13-10-15(11-14(2)20(13)22)26-9-5-8-19(25)24-21-17(12-23)16-6-3-4-7-18(16)27-21/h10-11H,3-9H2,1-2H3,(H,24,25). The number of ether oxygens (including phenoxy) is 1. The Morgan fingerprint density at radius 2 is 2.00 bits per heavy atom. The monoisotopic (exact) mass is 402 g/mol. The van der Waals surface area contributed by atoms with E-state index >= 15 is 0 Å². The lowest BCUT2D eigenvalue weighted by Crippen LogP contribution is -2.13. The third-order valence-electron chi connectivity index (χ3n) is 4.76. The normalized spacial score (nSPS) is 13.0. The molecule has 1 aliphatic carbocycles. The highest BCUT2D eigenvalue weighted by Crippen LogP contribution is 2.37. The van der Waals surface area contributed by atoms with Crippen molar-refractivity contribution in [3.05, 3.63) is 44.3 Å². The minimum absolute atomic E-state index is 0.0721. The van der Waals surface area contributed by atoms with Crippen LogP contribution in [0.1, 0.15) is 52.8 Å². The van der Waals surface area contributed by atoms with Gasteiger partial charge in [-0.2, -0.15) is 5.26 Å². The highest BCUT2D eigenvalue weighted by atomic mass is 35.5. The molecule has 1 heterocycles. The summed E-state index contributed by atoms with van der Waals surface area (Å²) in [7, 11) is 0. The van der Waals surface area contributed by atoms with E-state index < -0.39 is 0 Å². The molecule has 3 rings (SSSR count). The van der Waals surface area contributed by atoms with Crippen LogP contribution in [-0.4, -0.2) is 12.5 Å². The smallest absolute Gasteiger partial charge is 0.225 e. The number of carbonyl (C=O) groups excluding carboxylic acids is 1. The zero-order valence-electron chi connectivity index (χ0n) is 15.7. The van der Waals surface area contributed by atoms with E-state index in [2.05, 4.69) is 11.4 Å². The molecule has 27 heavy (non-hydrogen) atoms. The third kappa shape index (κ3) is 4.63. The molecule has 0 spiro atoms. The molecule has 1 amide bonds. The molecule has 0 bridgehead atoms. The molecule has 4 nitrogen and oxygen atoms in total. The summed E-state index contributed by atoms with van der Waals surface area (Å²) in [6.07, 6.45) is 5.20. The zero-order chi connectivity index (χ0) is 19.4. The molecule has 0 aliphatic heterocycles. The Labute approximate surface area is 169 Å². The van der Waals surface area contributed by atoms with Gasteiger partial charge < -0.3 is 10.1 Å². The maximum atomic E-state index is 12.3. The van der Waals surface area contributed by atoms with Gasteiger partial charge in [-0.25, -0.2) is 0 Å². The molecule has 0 radical (unpaired) electrons. The van der Waals surface area contributed by atoms with Crippen molar-refractivity contribution in [3.8, 4) is 11.8 Å². The van der Waals surface area contributed by atoms with Crippen LogP contribution in [0.2, 0.25) is 5.02 Å². The molecule has 1 aromatic carbocycles. The highest BCUT2D eigenvalue weighted by Gasteiger charge is 2.21. The number of rotatable bonds is 6. The Bertz CT molecular complexity index is 875. The van der Waals surface area contributed by atoms with Gasteiger partial charge in [0.1, 0.15) is 16.8 Å². The lowest BCUT2D eigenvalue weighted by molar-refractivity contribution is -0.116. The van der Waals surface area contributed by atoms with Gasteiger partial charge in [-0.15, -0.1) is 11.3 Å². The second-order valence-electron chi connectivity index (χ2n) is 6.90. The fraction of sp³-hybridized carbons (Fsp3) is 0.429. The predicted octanol–water partition coefficient (Wildman–Crippen LogP) is 5.57. The number of nitrogens with one attached hydrogen (secondary N) is 1. The fourth-order valence-electron chi connectivity index (χ4n) is 3.37. The van der Waals surface area contributed by atoms with Crippen LogP contribution in [0.25, 0.3) is 0 Å². The average molecular weight is 403 g/mol. The molecule has 0 unspecified atom stereocenters. The second kappa shape index (κ2) is 8.77. The van der Waals surface area contributed by atoms with Gasteiger partial charge in [-0.05, 0) is 74.8 Å². The molecule has 2 aromatic rings. The van der Waals surface area contributed by atoms with Gasteiger partial charge in [0.25, 0.3) is 0 Å². The Morgan fingerprint density at radius 3 is 2.70 bits per heavy atom. The second-order valence-corrected chi connectivity index (χ2v) is 8.38. The lowest BCUT2D eigenvalue weighted by atomic mass is 9.96. The minimum Gasteiger partial charge on any atom is -0.494 e. The van der Waals surface area contributed by atoms with Crippen LogP contribution in [0.15, 0.2) is 12.1 Å². The quantitative estimate of drug-likeness (QED) is 0.642. The first kappa shape index (κ1) is 19.7. The van der Waals surface area contributed by atoms with Crippen molar-refractivity contribution < 1.29 is 9.53 Å². The number of nitriles is 1. The summed E-state index contributed by atoms with van der Waals surface area (Å²) < 4.78 is 5.75. The Hall–Kier alpha value is -2.03. The first-order valence-corrected chi connectivity index (χ1v) is 10.4. The predicted molar refractivity (Wildman–Crippen MR) is 110 cm³/mol. The number of fused-ring (bicyclic) bond motifs is 1. The molecule has 1 aromatic heterocycles. The van der Waals surface area contributed by atoms with Crippen LogP contribution in [0.5, 0.6) is 5.75 Å². The van der Waals surface area contributed by atoms with Crippen LogP contribution in [0, 0.1) is 25.2 Å². The number of hydrogen-bond donors (Lipinski definition) is 1. The lowest BCUT2D eigenvalue weighted by Gasteiger charge is -2.10. The Morgan fingerprint density at radius 1 is 1.30 bits per heavy atom. The van der Waals surface area contributed by atoms with Gasteiger partial charge >= 0.3 is 0 Å². The van der Waals surface area contributed by atoms with Gasteiger partial charge in [-0.1, -0.05) is 11.6 Å². The number of halogens is 1. The summed E-state index contributed by atoms with van der Waals surface area (Å²) in [5.74, 6) is 0.699. The topological polar surface area (TPSA) is 62.1 Å². The van der Waals surface area contributed by atoms with Crippen molar-refractivity contribution in [1.82, 2.24) is 0 Å². The van der Waals surface area contributed by atoms with E-state index in [1.165, 1.54) is 4.88 Å². The largest absolute Gasteiger partial charge is 0.494 e. The highest BCUT2D eigenvalue weighted by molar-refractivity contribution is 7.16. The van der Waals surface area contributed by atoms with Crippen LogP contribution in [0.3, 0.4) is 0 Å². The van der Waals surface area contributed by atoms with Crippen molar-refractivity contribution in [3.63, 3.8) is 0 Å². The van der Waals surface area contributed by atoms with Crippen LogP contribution < -0.4 is 10.1 Å². The number of hydrogen-bond acceptors (Lipinski definition) is 4. The van der Waals surface area contributed by atoms with Crippen molar-refractivity contribution in [1.29, 1.82) is 5.26 Å². The molecule has 142 valence electrons. The van der Waals surface area contributed by atoms with Crippen LogP contribution >= 0.6 is 22.9 Å². The Balaban J connectivity index is 1.51. The summed E-state index contributed by atoms with van der Waals surface area (Å²) in [4.78, 5) is 13.5. The van der Waals surface area contributed by atoms with E-state index in [9.17, 15) is 10.1 Å². The van der Waals surface area contributed by atoms with Gasteiger partial charge in [0.2, 0.25) is 5.91 Å². The molecule has 6 heteroatoms. The van der Waals surface area contributed by atoms with Crippen molar-refractivity contribution in [2.45, 2.75) is 52.4 Å². The van der Waals surface area contributed by atoms with Crippen LogP contribution in [-0.2, 0) is 17.6 Å². The SMILES string of the molecule is Cc1cc(OCCCC(=O)Nc2sc3c(c2C#N)CCCC3)cc(C)c1Cl. The van der Waals surface area contributed by atoms with Crippen molar-refractivity contribution >= 4 is 33.8 Å². The maximum Gasteiger partial charge on any atom is 0.225 e. The fourth-order valence-corrected chi connectivity index (χ4v) is 4.74.